The second-order valence-electron chi connectivity index (χ2n) is 3.50. The lowest BCUT2D eigenvalue weighted by Crippen LogP contribution is -2.44. The first-order chi connectivity index (χ1) is 7.08. The molecule has 5 heteroatoms. The first kappa shape index (κ1) is 13.9. The van der Waals surface area contributed by atoms with E-state index in [9.17, 15) is 4.79 Å². The zero-order chi connectivity index (χ0) is 11.7. The van der Waals surface area contributed by atoms with Crippen molar-refractivity contribution in [2.45, 2.75) is 32.2 Å². The molecule has 0 saturated heterocycles. The Morgan fingerprint density at radius 1 is 1.53 bits per heavy atom. The zero-order valence-electron chi connectivity index (χ0n) is 9.38. The summed E-state index contributed by atoms with van der Waals surface area (Å²) >= 11 is 0. The Balaban J connectivity index is 3.69. The predicted molar refractivity (Wildman–Crippen MR) is 56.9 cm³/mol. The van der Waals surface area contributed by atoms with E-state index in [2.05, 4.69) is 5.32 Å². The normalized spacial score (nSPS) is 10.8. The van der Waals surface area contributed by atoms with Crippen LogP contribution in [0.2, 0.25) is 0 Å². The number of nitrogens with one attached hydrogen (secondary N) is 1. The van der Waals surface area contributed by atoms with Crippen LogP contribution >= 0.6 is 0 Å². The van der Waals surface area contributed by atoms with E-state index in [-0.39, 0.29) is 24.6 Å². The van der Waals surface area contributed by atoms with Crippen molar-refractivity contribution in [3.63, 3.8) is 0 Å². The van der Waals surface area contributed by atoms with Gasteiger partial charge >= 0.3 is 0 Å². The smallest absolute Gasteiger partial charge is 0.246 e. The highest BCUT2D eigenvalue weighted by atomic mass is 16.5. The Morgan fingerprint density at radius 3 is 2.60 bits per heavy atom. The van der Waals surface area contributed by atoms with Gasteiger partial charge in [-0.2, -0.15) is 5.26 Å². The van der Waals surface area contributed by atoms with Crippen LogP contribution in [0, 0.1) is 11.3 Å². The third-order valence-corrected chi connectivity index (χ3v) is 2.40. The lowest BCUT2D eigenvalue weighted by atomic mass is 9.96. The molecule has 0 rings (SSSR count). The van der Waals surface area contributed by atoms with Gasteiger partial charge in [-0.3, -0.25) is 4.79 Å². The lowest BCUT2D eigenvalue weighted by molar-refractivity contribution is -0.126. The van der Waals surface area contributed by atoms with E-state index < -0.39 is 0 Å². The number of ether oxygens (including phenoxy) is 1. The molecule has 3 N–H and O–H groups in total. The third kappa shape index (κ3) is 6.05. The van der Waals surface area contributed by atoms with Gasteiger partial charge in [-0.1, -0.05) is 13.8 Å². The minimum Gasteiger partial charge on any atom is -0.370 e. The van der Waals surface area contributed by atoms with Gasteiger partial charge in [-0.15, -0.1) is 0 Å². The molecule has 0 saturated carbocycles. The number of amides is 1. The molecule has 0 bridgehead atoms. The van der Waals surface area contributed by atoms with Crippen molar-refractivity contribution in [1.29, 1.82) is 5.26 Å². The summed E-state index contributed by atoms with van der Waals surface area (Å²) in [6.07, 6.45) is 1.62. The molecule has 0 spiro atoms. The van der Waals surface area contributed by atoms with E-state index in [1.807, 2.05) is 19.9 Å². The van der Waals surface area contributed by atoms with Crippen LogP contribution in [0.15, 0.2) is 0 Å². The maximum atomic E-state index is 11.0. The van der Waals surface area contributed by atoms with Gasteiger partial charge in [0.05, 0.1) is 12.7 Å². The summed E-state index contributed by atoms with van der Waals surface area (Å²) in [5.41, 5.74) is 5.62. The number of nitrogens with two attached hydrogens (primary N) is 1. The Labute approximate surface area is 90.6 Å². The van der Waals surface area contributed by atoms with Crippen LogP contribution in [0.4, 0.5) is 0 Å². The Bertz CT molecular complexity index is 231. The Hall–Kier alpha value is -1.12. The fourth-order valence-corrected chi connectivity index (χ4v) is 0.990. The van der Waals surface area contributed by atoms with E-state index in [1.165, 1.54) is 0 Å². The van der Waals surface area contributed by atoms with Gasteiger partial charge < -0.3 is 15.8 Å². The first-order valence-corrected chi connectivity index (χ1v) is 5.08. The average Bonchev–Trinajstić information content (AvgIpc) is 2.26. The second-order valence-corrected chi connectivity index (χ2v) is 3.50. The molecule has 0 aromatic heterocycles. The molecular formula is C10H19N3O2. The number of nitriles is 1. The van der Waals surface area contributed by atoms with E-state index in [4.69, 9.17) is 15.7 Å². The summed E-state index contributed by atoms with van der Waals surface area (Å²) in [5, 5.41) is 10.6. The van der Waals surface area contributed by atoms with E-state index in [0.29, 0.717) is 6.61 Å². The van der Waals surface area contributed by atoms with Gasteiger partial charge in [0.15, 0.2) is 0 Å². The summed E-state index contributed by atoms with van der Waals surface area (Å²) in [5.74, 6) is -0.286. The lowest BCUT2D eigenvalue weighted by Gasteiger charge is -2.25. The monoisotopic (exact) mass is 213 g/mol. The largest absolute Gasteiger partial charge is 0.370 e. The molecule has 15 heavy (non-hydrogen) atoms. The quantitative estimate of drug-likeness (QED) is 0.590. The highest BCUT2D eigenvalue weighted by Gasteiger charge is 2.20. The van der Waals surface area contributed by atoms with Crippen molar-refractivity contribution >= 4 is 5.91 Å². The van der Waals surface area contributed by atoms with Crippen LogP contribution < -0.4 is 11.1 Å². The number of rotatable bonds is 7. The van der Waals surface area contributed by atoms with Gasteiger partial charge in [-0.05, 0) is 12.8 Å². The van der Waals surface area contributed by atoms with Crippen molar-refractivity contribution in [3.8, 4) is 6.07 Å². The van der Waals surface area contributed by atoms with Crippen LogP contribution in [0.3, 0.4) is 0 Å². The minimum absolute atomic E-state index is 0.0114. The molecule has 0 atom stereocenters. The van der Waals surface area contributed by atoms with Crippen LogP contribution in [0.1, 0.15) is 26.7 Å². The van der Waals surface area contributed by atoms with Gasteiger partial charge in [0.2, 0.25) is 5.91 Å². The highest BCUT2D eigenvalue weighted by Crippen LogP contribution is 2.10. The zero-order valence-corrected chi connectivity index (χ0v) is 9.38. The topological polar surface area (TPSA) is 88.1 Å². The molecule has 0 unspecified atom stereocenters. The standard InChI is InChI=1S/C10H19N3O2/c1-3-10(12,4-2)8-15-7-9(14)13-6-5-11/h3-4,6-8,12H2,1-2H3,(H,13,14). The number of carbonyl (C=O) groups excluding carboxylic acids is 1. The molecule has 0 aliphatic carbocycles. The molecule has 0 aromatic rings. The van der Waals surface area contributed by atoms with Crippen LogP contribution in [-0.4, -0.2) is 31.2 Å². The number of hydrogen-bond donors (Lipinski definition) is 2. The fraction of sp³-hybridized carbons (Fsp3) is 0.800. The van der Waals surface area contributed by atoms with Crippen LogP contribution in [0.25, 0.3) is 0 Å². The summed E-state index contributed by atoms with van der Waals surface area (Å²) in [7, 11) is 0. The summed E-state index contributed by atoms with van der Waals surface area (Å²) < 4.78 is 5.19. The molecule has 5 nitrogen and oxygen atoms in total. The van der Waals surface area contributed by atoms with E-state index in [0.717, 1.165) is 12.8 Å². The van der Waals surface area contributed by atoms with Crippen molar-refractivity contribution < 1.29 is 9.53 Å². The fourth-order valence-electron chi connectivity index (χ4n) is 0.990. The van der Waals surface area contributed by atoms with Gasteiger partial charge in [0.25, 0.3) is 0 Å². The summed E-state index contributed by atoms with van der Waals surface area (Å²) in [4.78, 5) is 11.0. The van der Waals surface area contributed by atoms with Gasteiger partial charge in [-0.25, -0.2) is 0 Å². The number of nitrogens with zero attached hydrogens (tertiary/aromatic N) is 1. The first-order valence-electron chi connectivity index (χ1n) is 5.08. The SMILES string of the molecule is CCC(N)(CC)COCC(=O)NCC#N. The van der Waals surface area contributed by atoms with Crippen molar-refractivity contribution in [2.75, 3.05) is 19.8 Å². The van der Waals surface area contributed by atoms with Crippen LogP contribution in [0.5, 0.6) is 0 Å². The number of hydrogen-bond acceptors (Lipinski definition) is 4. The molecule has 0 fully saturated rings. The molecule has 0 heterocycles. The predicted octanol–water partition coefficient (Wildman–Crippen LogP) is 0.160. The summed E-state index contributed by atoms with van der Waals surface area (Å²) in [6.45, 7) is 4.31. The Morgan fingerprint density at radius 2 is 2.13 bits per heavy atom. The van der Waals surface area contributed by atoms with Crippen molar-refractivity contribution in [1.82, 2.24) is 5.32 Å². The molecule has 1 amide bonds. The molecular weight excluding hydrogens is 194 g/mol. The summed E-state index contributed by atoms with van der Waals surface area (Å²) in [6, 6.07) is 1.82. The minimum atomic E-state index is -0.352. The molecule has 0 radical (unpaired) electrons. The van der Waals surface area contributed by atoms with Crippen LogP contribution in [-0.2, 0) is 9.53 Å². The molecule has 86 valence electrons. The maximum absolute atomic E-state index is 11.0. The van der Waals surface area contributed by atoms with E-state index >= 15 is 0 Å². The second kappa shape index (κ2) is 7.21. The van der Waals surface area contributed by atoms with Gasteiger partial charge in [0, 0.05) is 5.54 Å². The molecule has 0 aliphatic rings. The Kier molecular flexibility index (Phi) is 6.67. The maximum Gasteiger partial charge on any atom is 0.246 e. The molecule has 0 aliphatic heterocycles. The highest BCUT2D eigenvalue weighted by molar-refractivity contribution is 5.77. The van der Waals surface area contributed by atoms with Crippen molar-refractivity contribution in [2.24, 2.45) is 5.73 Å². The third-order valence-electron chi connectivity index (χ3n) is 2.40. The number of carbonyl (C=O) groups is 1. The van der Waals surface area contributed by atoms with E-state index in [1.54, 1.807) is 0 Å². The molecule has 0 aromatic carbocycles. The average molecular weight is 213 g/mol. The van der Waals surface area contributed by atoms with Crippen molar-refractivity contribution in [3.05, 3.63) is 0 Å². The van der Waals surface area contributed by atoms with Gasteiger partial charge in [0.1, 0.15) is 13.2 Å².